The van der Waals surface area contributed by atoms with Crippen molar-refractivity contribution in [2.24, 2.45) is 11.8 Å². The molecule has 90 valence electrons. The van der Waals surface area contributed by atoms with Gasteiger partial charge in [0, 0.05) is 12.5 Å². The van der Waals surface area contributed by atoms with E-state index in [4.69, 9.17) is 6.42 Å². The van der Waals surface area contributed by atoms with Crippen molar-refractivity contribution in [2.75, 3.05) is 6.54 Å². The maximum Gasteiger partial charge on any atom is 0.0240 e. The molecule has 0 fully saturated rings. The first kappa shape index (κ1) is 13.3. The fourth-order valence-corrected chi connectivity index (χ4v) is 2.68. The van der Waals surface area contributed by atoms with Gasteiger partial charge >= 0.3 is 0 Å². The average molecular weight is 219 g/mol. The van der Waals surface area contributed by atoms with Crippen LogP contribution in [-0.4, -0.2) is 12.6 Å². The van der Waals surface area contributed by atoms with Gasteiger partial charge in [-0.1, -0.05) is 25.5 Å². The van der Waals surface area contributed by atoms with Crippen molar-refractivity contribution in [1.29, 1.82) is 0 Å². The Labute approximate surface area is 101 Å². The van der Waals surface area contributed by atoms with Crippen molar-refractivity contribution >= 4 is 0 Å². The first-order chi connectivity index (χ1) is 7.65. The molecule has 0 aliphatic heterocycles. The Bertz CT molecular complexity index is 272. The van der Waals surface area contributed by atoms with Crippen molar-refractivity contribution in [1.82, 2.24) is 5.32 Å². The minimum absolute atomic E-state index is 0.506. The molecular weight excluding hydrogens is 194 g/mol. The van der Waals surface area contributed by atoms with Crippen LogP contribution in [0.15, 0.2) is 11.6 Å². The number of hydrogen-bond acceptors (Lipinski definition) is 1. The fourth-order valence-electron chi connectivity index (χ4n) is 2.68. The third kappa shape index (κ3) is 4.41. The zero-order chi connectivity index (χ0) is 12.0. The van der Waals surface area contributed by atoms with Crippen LogP contribution >= 0.6 is 0 Å². The summed E-state index contributed by atoms with van der Waals surface area (Å²) in [4.78, 5) is 0. The molecule has 0 amide bonds. The van der Waals surface area contributed by atoms with E-state index >= 15 is 0 Å². The third-order valence-electron chi connectivity index (χ3n) is 3.44. The van der Waals surface area contributed by atoms with Crippen LogP contribution in [0.2, 0.25) is 0 Å². The van der Waals surface area contributed by atoms with Crippen LogP contribution in [0.3, 0.4) is 0 Å². The second-order valence-corrected chi connectivity index (χ2v) is 5.22. The fraction of sp³-hybridized carbons (Fsp3) is 0.733. The first-order valence-electron chi connectivity index (χ1n) is 6.49. The molecule has 1 nitrogen and oxygen atoms in total. The second-order valence-electron chi connectivity index (χ2n) is 5.22. The summed E-state index contributed by atoms with van der Waals surface area (Å²) < 4.78 is 0. The van der Waals surface area contributed by atoms with Gasteiger partial charge in [-0.05, 0) is 44.6 Å². The molecule has 16 heavy (non-hydrogen) atoms. The second kappa shape index (κ2) is 6.76. The monoisotopic (exact) mass is 219 g/mol. The molecule has 0 saturated heterocycles. The van der Waals surface area contributed by atoms with Crippen molar-refractivity contribution in [2.45, 2.75) is 52.5 Å². The summed E-state index contributed by atoms with van der Waals surface area (Å²) in [5, 5.41) is 3.61. The molecule has 1 aliphatic rings. The number of hydrogen-bond donors (Lipinski definition) is 1. The first-order valence-corrected chi connectivity index (χ1v) is 6.49. The van der Waals surface area contributed by atoms with Crippen LogP contribution in [0, 0.1) is 24.2 Å². The Hall–Kier alpha value is -0.740. The van der Waals surface area contributed by atoms with E-state index in [0.717, 1.165) is 31.2 Å². The molecule has 0 radical (unpaired) electrons. The standard InChI is InChI=1S/C15H25N/c1-5-7-15(6-2)16-11-14-9-12(3)8-13(4)10-14/h1,8,12,14-16H,6-7,9-11H2,2-4H3. The Kier molecular flexibility index (Phi) is 5.63. The zero-order valence-electron chi connectivity index (χ0n) is 10.9. The predicted octanol–water partition coefficient (Wildman–Crippen LogP) is 3.37. The molecule has 0 bridgehead atoms. The summed E-state index contributed by atoms with van der Waals surface area (Å²) in [5.41, 5.74) is 1.55. The molecule has 0 aromatic carbocycles. The largest absolute Gasteiger partial charge is 0.313 e. The molecule has 3 unspecified atom stereocenters. The van der Waals surface area contributed by atoms with Gasteiger partial charge in [0.15, 0.2) is 0 Å². The SMILES string of the molecule is C#CCC(CC)NCC1CC(C)=CC(C)C1. The van der Waals surface area contributed by atoms with E-state index in [1.807, 2.05) is 0 Å². The number of terminal acetylenes is 1. The van der Waals surface area contributed by atoms with E-state index in [1.54, 1.807) is 5.57 Å². The summed E-state index contributed by atoms with van der Waals surface area (Å²) >= 11 is 0. The summed E-state index contributed by atoms with van der Waals surface area (Å²) in [6.45, 7) is 7.88. The molecule has 3 atom stereocenters. The Balaban J connectivity index is 2.33. The molecular formula is C15H25N. The lowest BCUT2D eigenvalue weighted by atomic mass is 9.83. The third-order valence-corrected chi connectivity index (χ3v) is 3.44. The van der Waals surface area contributed by atoms with Gasteiger partial charge in [0.1, 0.15) is 0 Å². The van der Waals surface area contributed by atoms with Gasteiger partial charge in [-0.25, -0.2) is 0 Å². The molecule has 0 spiro atoms. The van der Waals surface area contributed by atoms with E-state index in [0.29, 0.717) is 6.04 Å². The topological polar surface area (TPSA) is 12.0 Å². The Morgan fingerprint density at radius 3 is 2.94 bits per heavy atom. The highest BCUT2D eigenvalue weighted by atomic mass is 14.9. The number of allylic oxidation sites excluding steroid dienone is 2. The van der Waals surface area contributed by atoms with Crippen molar-refractivity contribution in [3.63, 3.8) is 0 Å². The quantitative estimate of drug-likeness (QED) is 0.552. The van der Waals surface area contributed by atoms with Gasteiger partial charge in [0.05, 0.1) is 0 Å². The molecule has 0 heterocycles. The smallest absolute Gasteiger partial charge is 0.0240 e. The lowest BCUT2D eigenvalue weighted by Gasteiger charge is -2.27. The van der Waals surface area contributed by atoms with Crippen LogP contribution in [0.4, 0.5) is 0 Å². The maximum atomic E-state index is 5.36. The molecule has 0 aromatic rings. The molecule has 1 aliphatic carbocycles. The van der Waals surface area contributed by atoms with Crippen LogP contribution in [0.25, 0.3) is 0 Å². The van der Waals surface area contributed by atoms with Gasteiger partial charge in [0.25, 0.3) is 0 Å². The van der Waals surface area contributed by atoms with E-state index < -0.39 is 0 Å². The lowest BCUT2D eigenvalue weighted by Crippen LogP contribution is -2.34. The van der Waals surface area contributed by atoms with Gasteiger partial charge in [-0.3, -0.25) is 0 Å². The summed E-state index contributed by atoms with van der Waals surface area (Å²) in [5.74, 6) is 4.29. The predicted molar refractivity (Wildman–Crippen MR) is 71.2 cm³/mol. The average Bonchev–Trinajstić information content (AvgIpc) is 2.23. The normalized spacial score (nSPS) is 27.0. The van der Waals surface area contributed by atoms with E-state index in [2.05, 4.69) is 38.1 Å². The van der Waals surface area contributed by atoms with Gasteiger partial charge in [0.2, 0.25) is 0 Å². The number of nitrogens with one attached hydrogen (secondary N) is 1. The van der Waals surface area contributed by atoms with Gasteiger partial charge < -0.3 is 5.32 Å². The molecule has 0 saturated carbocycles. The summed E-state index contributed by atoms with van der Waals surface area (Å²) in [6.07, 6.45) is 12.3. The molecule has 1 rings (SSSR count). The van der Waals surface area contributed by atoms with E-state index in [9.17, 15) is 0 Å². The lowest BCUT2D eigenvalue weighted by molar-refractivity contribution is 0.357. The van der Waals surface area contributed by atoms with Crippen molar-refractivity contribution < 1.29 is 0 Å². The van der Waals surface area contributed by atoms with Crippen LogP contribution in [0.5, 0.6) is 0 Å². The minimum atomic E-state index is 0.506. The van der Waals surface area contributed by atoms with Gasteiger partial charge in [-0.2, -0.15) is 0 Å². The van der Waals surface area contributed by atoms with E-state index in [-0.39, 0.29) is 0 Å². The van der Waals surface area contributed by atoms with Crippen molar-refractivity contribution in [3.8, 4) is 12.3 Å². The highest BCUT2D eigenvalue weighted by Crippen LogP contribution is 2.27. The zero-order valence-corrected chi connectivity index (χ0v) is 10.9. The Morgan fingerprint density at radius 2 is 2.38 bits per heavy atom. The number of rotatable bonds is 5. The highest BCUT2D eigenvalue weighted by Gasteiger charge is 2.18. The van der Waals surface area contributed by atoms with Crippen LogP contribution in [-0.2, 0) is 0 Å². The summed E-state index contributed by atoms with van der Waals surface area (Å²) in [7, 11) is 0. The minimum Gasteiger partial charge on any atom is -0.313 e. The van der Waals surface area contributed by atoms with Crippen LogP contribution < -0.4 is 5.32 Å². The highest BCUT2D eigenvalue weighted by molar-refractivity contribution is 5.06. The molecule has 1 N–H and O–H groups in total. The Morgan fingerprint density at radius 1 is 1.62 bits per heavy atom. The van der Waals surface area contributed by atoms with Crippen LogP contribution in [0.1, 0.15) is 46.5 Å². The van der Waals surface area contributed by atoms with Gasteiger partial charge in [-0.15, -0.1) is 12.3 Å². The summed E-state index contributed by atoms with van der Waals surface area (Å²) in [6, 6.07) is 0.506. The van der Waals surface area contributed by atoms with E-state index in [1.165, 1.54) is 12.8 Å². The van der Waals surface area contributed by atoms with Crippen molar-refractivity contribution in [3.05, 3.63) is 11.6 Å². The maximum absolute atomic E-state index is 5.36. The molecule has 1 heteroatoms. The molecule has 0 aromatic heterocycles.